The fourth-order valence-electron chi connectivity index (χ4n) is 11.5. The fourth-order valence-corrected chi connectivity index (χ4v) is 13.6. The Bertz CT molecular complexity index is 4540. The van der Waals surface area contributed by atoms with Crippen molar-refractivity contribution in [2.45, 2.75) is 157 Å². The molecule has 0 saturated carbocycles. The number of thiazole rings is 2. The molecule has 0 unspecified atom stereocenters. The van der Waals surface area contributed by atoms with Crippen molar-refractivity contribution in [3.63, 3.8) is 0 Å². The van der Waals surface area contributed by atoms with Crippen LogP contribution in [0.5, 0.6) is 11.5 Å². The molecule has 4 aromatic heterocycles. The van der Waals surface area contributed by atoms with E-state index >= 15 is 0 Å². The summed E-state index contributed by atoms with van der Waals surface area (Å²) in [6.45, 7) is 39.4. The first-order valence-corrected chi connectivity index (χ1v) is 33.4. The molecule has 12 aromatic rings. The van der Waals surface area contributed by atoms with Gasteiger partial charge in [-0.05, 0) is 127 Å². The number of benzene rings is 8. The molecule has 0 amide bonds. The minimum Gasteiger partial charge on any atom is -0.507 e. The molecular weight excluding hydrogens is 1360 g/mol. The van der Waals surface area contributed by atoms with Crippen LogP contribution in [0, 0.1) is 6.07 Å². The van der Waals surface area contributed by atoms with Gasteiger partial charge >= 0.3 is 0 Å². The number of pyridine rings is 2. The summed E-state index contributed by atoms with van der Waals surface area (Å²) in [6.07, 6.45) is 7.30. The third-order valence-corrected chi connectivity index (χ3v) is 19.1. The van der Waals surface area contributed by atoms with Gasteiger partial charge in [0.05, 0.1) is 27.1 Å². The first-order valence-electron chi connectivity index (χ1n) is 31.8. The first kappa shape index (κ1) is 67.9. The van der Waals surface area contributed by atoms with Gasteiger partial charge in [-0.3, -0.25) is 15.0 Å². The molecule has 0 aliphatic carbocycles. The van der Waals surface area contributed by atoms with Gasteiger partial charge in [0, 0.05) is 106 Å². The molecule has 2 N–H and O–H groups in total. The van der Waals surface area contributed by atoms with E-state index in [2.05, 4.69) is 228 Å². The van der Waals surface area contributed by atoms with Crippen molar-refractivity contribution in [3.05, 3.63) is 215 Å². The van der Waals surface area contributed by atoms with E-state index in [0.717, 1.165) is 119 Å². The zero-order chi connectivity index (χ0) is 66.0. The van der Waals surface area contributed by atoms with Crippen LogP contribution < -0.4 is 0 Å². The summed E-state index contributed by atoms with van der Waals surface area (Å²) >= 11 is 3.37. The summed E-state index contributed by atoms with van der Waals surface area (Å²) in [5, 5.41) is 26.7. The largest absolute Gasteiger partial charge is 0.507 e. The second-order valence-corrected chi connectivity index (χ2v) is 32.5. The third-order valence-electron chi connectivity index (χ3n) is 17.1. The smallest absolute Gasteiger partial charge is 0.128 e. The second-order valence-electron chi connectivity index (χ2n) is 30.4. The number of phenols is 2. The molecule has 8 aromatic carbocycles. The Labute approximate surface area is 572 Å². The van der Waals surface area contributed by atoms with E-state index in [-0.39, 0.29) is 65.1 Å². The van der Waals surface area contributed by atoms with Crippen LogP contribution in [0.1, 0.15) is 169 Å². The number of phenolic OH excluding ortho intramolecular Hbond substituents is 2. The molecule has 0 spiro atoms. The Morgan fingerprint density at radius 2 is 0.785 bits per heavy atom. The van der Waals surface area contributed by atoms with Gasteiger partial charge in [0.25, 0.3) is 0 Å². The molecule has 11 heteroatoms. The van der Waals surface area contributed by atoms with Gasteiger partial charge in [-0.25, -0.2) is 9.97 Å². The van der Waals surface area contributed by atoms with Crippen molar-refractivity contribution >= 4 is 88.7 Å². The van der Waals surface area contributed by atoms with Crippen molar-refractivity contribution in [1.29, 1.82) is 0 Å². The van der Waals surface area contributed by atoms with Gasteiger partial charge in [-0.15, -0.1) is 46.4 Å². The summed E-state index contributed by atoms with van der Waals surface area (Å²) in [5.74, 6) is 0.561. The van der Waals surface area contributed by atoms with Crippen molar-refractivity contribution in [2.24, 2.45) is 9.98 Å². The van der Waals surface area contributed by atoms with E-state index in [1.54, 1.807) is 35.1 Å². The van der Waals surface area contributed by atoms with E-state index in [0.29, 0.717) is 5.56 Å². The summed E-state index contributed by atoms with van der Waals surface area (Å²) < 4.78 is 2.25. The van der Waals surface area contributed by atoms with E-state index in [9.17, 15) is 10.2 Å². The van der Waals surface area contributed by atoms with Crippen LogP contribution >= 0.6 is 22.7 Å². The standard InChI is InChI=1S/C41H43N3OS.C41H42N3OS.Pt/c2*1-39(2,3)27-20-26(37(45)32(22-27)41(7,8)9)24-43-33-18-11-10-16-30(33)38-44-36-31(21-28(40(4,5)6)23-34(36)46-38)29-17-12-14-25-15-13-19-42-35(25)29;/h10-24,45H,1-9H3;10-16,18-24,45H,1-9H3;/q;-1;. The number of para-hydroxylation sites is 3. The van der Waals surface area contributed by atoms with Crippen molar-refractivity contribution in [1.82, 2.24) is 19.9 Å². The Morgan fingerprint density at radius 1 is 0.387 bits per heavy atom. The average molecular weight is 1450 g/mol. The van der Waals surface area contributed by atoms with Gasteiger partial charge in [-0.1, -0.05) is 208 Å². The maximum atomic E-state index is 11.4. The number of rotatable bonds is 8. The molecule has 4 heterocycles. The van der Waals surface area contributed by atoms with Crippen LogP contribution in [-0.2, 0) is 53.6 Å². The number of aliphatic imine (C=N–C) groups is 2. The van der Waals surface area contributed by atoms with Crippen LogP contribution in [0.2, 0.25) is 0 Å². The van der Waals surface area contributed by atoms with Crippen LogP contribution in [0.4, 0.5) is 11.4 Å². The van der Waals surface area contributed by atoms with Crippen molar-refractivity contribution in [3.8, 4) is 54.9 Å². The van der Waals surface area contributed by atoms with E-state index in [1.807, 2.05) is 67.0 Å². The topological polar surface area (TPSA) is 117 Å². The molecule has 8 nitrogen and oxygen atoms in total. The van der Waals surface area contributed by atoms with Crippen molar-refractivity contribution in [2.75, 3.05) is 0 Å². The summed E-state index contributed by atoms with van der Waals surface area (Å²) in [4.78, 5) is 30.0. The first-order chi connectivity index (χ1) is 43.2. The number of aromatic hydroxyl groups is 2. The zero-order valence-corrected chi connectivity index (χ0v) is 60.9. The van der Waals surface area contributed by atoms with Crippen LogP contribution in [0.15, 0.2) is 174 Å². The molecule has 0 atom stereocenters. The molecular formula is C82H85N6O2PtS2-. The zero-order valence-electron chi connectivity index (χ0n) is 57.0. The maximum Gasteiger partial charge on any atom is 0.128 e. The third kappa shape index (κ3) is 14.4. The second kappa shape index (κ2) is 25.7. The van der Waals surface area contributed by atoms with Crippen LogP contribution in [0.25, 0.3) is 85.6 Å². The normalized spacial score (nSPS) is 12.8. The SMILES string of the molecule is CC(C)(C)c1cc(C=Nc2ccccc2-c2nc3c(-c4[c-]ccc5cccnc45)cc(C(C)(C)C)cc3s2)c(O)c(C(C)(C)C)c1.CC(C)(C)c1cc(C=Nc2ccccc2-c2nc3c(-c4cccc5cccnc45)cc(C(C)(C)C)cc3s2)c(O)c(C(C)(C)C)c1.[Pt]. The fraction of sp³-hybridized carbons (Fsp3) is 0.293. The van der Waals surface area contributed by atoms with Gasteiger partial charge < -0.3 is 15.2 Å². The van der Waals surface area contributed by atoms with Crippen molar-refractivity contribution < 1.29 is 31.3 Å². The molecule has 12 rings (SSSR count). The van der Waals surface area contributed by atoms with Gasteiger partial charge in [0.2, 0.25) is 0 Å². The molecule has 0 aliphatic rings. The summed E-state index contributed by atoms with van der Waals surface area (Å²) in [5.41, 5.74) is 18.9. The average Bonchev–Trinajstić information content (AvgIpc) is 1.71. The van der Waals surface area contributed by atoms with E-state index in [1.165, 1.54) is 16.7 Å². The number of nitrogens with zero attached hydrogens (tertiary/aromatic N) is 6. The van der Waals surface area contributed by atoms with Crippen LogP contribution in [-0.4, -0.2) is 42.6 Å². The number of hydrogen-bond donors (Lipinski definition) is 2. The predicted octanol–water partition coefficient (Wildman–Crippen LogP) is 22.9. The molecule has 93 heavy (non-hydrogen) atoms. The monoisotopic (exact) mass is 1440 g/mol. The van der Waals surface area contributed by atoms with Gasteiger partial charge in [-0.2, -0.15) is 0 Å². The number of fused-ring (bicyclic) bond motifs is 4. The Kier molecular flexibility index (Phi) is 18.8. The van der Waals surface area contributed by atoms with Gasteiger partial charge in [0.1, 0.15) is 21.5 Å². The Morgan fingerprint density at radius 3 is 1.25 bits per heavy atom. The van der Waals surface area contributed by atoms with Crippen LogP contribution in [0.3, 0.4) is 0 Å². The molecule has 0 radical (unpaired) electrons. The quantitative estimate of drug-likeness (QED) is 0.116. The predicted molar refractivity (Wildman–Crippen MR) is 393 cm³/mol. The van der Waals surface area contributed by atoms with E-state index in [4.69, 9.17) is 29.9 Å². The minimum atomic E-state index is -0.215. The molecule has 0 bridgehead atoms. The van der Waals surface area contributed by atoms with E-state index < -0.39 is 0 Å². The summed E-state index contributed by atoms with van der Waals surface area (Å²) in [6, 6.07) is 55.8. The summed E-state index contributed by atoms with van der Waals surface area (Å²) in [7, 11) is 0. The number of aromatic nitrogens is 4. The maximum absolute atomic E-state index is 11.4. The Balaban J connectivity index is 0.000000201. The molecule has 0 fully saturated rings. The molecule has 0 aliphatic heterocycles. The molecule has 0 saturated heterocycles. The minimum absolute atomic E-state index is 0. The Hall–Kier alpha value is -8.01. The molecule has 478 valence electrons. The number of hydrogen-bond acceptors (Lipinski definition) is 10. The van der Waals surface area contributed by atoms with Gasteiger partial charge in [0.15, 0.2) is 0 Å².